The molecule has 1 atom stereocenters. The minimum Gasteiger partial charge on any atom is -0.507 e. The topological polar surface area (TPSA) is 88.5 Å². The van der Waals surface area contributed by atoms with E-state index in [0.29, 0.717) is 22.7 Å². The highest BCUT2D eigenvalue weighted by Gasteiger charge is 2.47. The van der Waals surface area contributed by atoms with Crippen LogP contribution in [-0.4, -0.2) is 52.2 Å². The van der Waals surface area contributed by atoms with E-state index in [2.05, 4.69) is 0 Å². The monoisotopic (exact) mass is 556 g/mol. The lowest BCUT2D eigenvalue weighted by molar-refractivity contribution is -0.132. The van der Waals surface area contributed by atoms with Crippen molar-refractivity contribution in [3.05, 3.63) is 81.3 Å². The van der Waals surface area contributed by atoms with Crippen LogP contribution in [0.2, 0.25) is 10.0 Å². The number of Topliss-reactive ketones (excluding diaryl/α,β-unsaturated/α-hetero) is 1. The third kappa shape index (κ3) is 4.73. The molecular weight excluding hydrogens is 531 g/mol. The van der Waals surface area contributed by atoms with Crippen molar-refractivity contribution in [2.75, 3.05) is 45.2 Å². The van der Waals surface area contributed by atoms with Gasteiger partial charge < -0.3 is 24.2 Å². The van der Waals surface area contributed by atoms with Crippen LogP contribution >= 0.6 is 23.2 Å². The number of amides is 1. The number of nitrogens with zero attached hydrogens (tertiary/aromatic N) is 2. The molecule has 1 aliphatic rings. The summed E-state index contributed by atoms with van der Waals surface area (Å²) in [5.41, 5.74) is 1.94. The summed E-state index contributed by atoms with van der Waals surface area (Å²) in [4.78, 5) is 30.2. The van der Waals surface area contributed by atoms with Gasteiger partial charge in [0.15, 0.2) is 17.2 Å². The van der Waals surface area contributed by atoms with Gasteiger partial charge in [0.05, 0.1) is 43.0 Å². The van der Waals surface area contributed by atoms with Crippen molar-refractivity contribution in [1.29, 1.82) is 0 Å². The second-order valence-electron chi connectivity index (χ2n) is 8.67. The first-order chi connectivity index (χ1) is 18.1. The maximum Gasteiger partial charge on any atom is 0.300 e. The van der Waals surface area contributed by atoms with Gasteiger partial charge in [-0.2, -0.15) is 0 Å². The molecular formula is C28H26Cl2N2O6. The van der Waals surface area contributed by atoms with Crippen molar-refractivity contribution >= 4 is 52.0 Å². The summed E-state index contributed by atoms with van der Waals surface area (Å²) in [6.07, 6.45) is 0. The van der Waals surface area contributed by atoms with Gasteiger partial charge in [0.2, 0.25) is 0 Å². The van der Waals surface area contributed by atoms with Crippen LogP contribution in [0.4, 0.5) is 11.4 Å². The van der Waals surface area contributed by atoms with Gasteiger partial charge in [0.1, 0.15) is 5.76 Å². The summed E-state index contributed by atoms with van der Waals surface area (Å²) in [6, 6.07) is 14.1. The molecule has 0 aromatic heterocycles. The van der Waals surface area contributed by atoms with Gasteiger partial charge in [-0.1, -0.05) is 29.3 Å². The number of halogens is 2. The Labute approximate surface area is 230 Å². The fourth-order valence-electron chi connectivity index (χ4n) is 4.40. The predicted molar refractivity (Wildman–Crippen MR) is 148 cm³/mol. The minimum atomic E-state index is -0.986. The number of anilines is 2. The first kappa shape index (κ1) is 27.2. The summed E-state index contributed by atoms with van der Waals surface area (Å²) in [6.45, 7) is 0. The molecule has 0 spiro atoms. The van der Waals surface area contributed by atoms with Crippen molar-refractivity contribution < 1.29 is 28.9 Å². The third-order valence-electron chi connectivity index (χ3n) is 6.29. The summed E-state index contributed by atoms with van der Waals surface area (Å²) in [7, 11) is 8.20. The molecule has 1 aliphatic heterocycles. The highest BCUT2D eigenvalue weighted by Crippen LogP contribution is 2.45. The van der Waals surface area contributed by atoms with Crippen LogP contribution in [0.15, 0.2) is 60.2 Å². The van der Waals surface area contributed by atoms with Crippen molar-refractivity contribution in [2.45, 2.75) is 6.04 Å². The standard InChI is InChI=1S/C28H26Cl2N2O6/c1-31(2)17-7-9-18(10-8-17)32-24(15-6-11-21(36-3)22(14-15)37-4)23(26(34)28(32)35)25(33)16-12-19(29)27(38-5)20(30)13-16/h6-14,24,33H,1-5H3/b25-23+. The van der Waals surface area contributed by atoms with E-state index in [9.17, 15) is 14.7 Å². The number of aliphatic hydroxyl groups excluding tert-OH is 1. The van der Waals surface area contributed by atoms with E-state index in [1.54, 1.807) is 30.3 Å². The molecule has 10 heteroatoms. The fourth-order valence-corrected chi connectivity index (χ4v) is 5.04. The van der Waals surface area contributed by atoms with Crippen LogP contribution in [0.5, 0.6) is 17.2 Å². The van der Waals surface area contributed by atoms with Gasteiger partial charge in [-0.05, 0) is 54.1 Å². The van der Waals surface area contributed by atoms with E-state index in [1.807, 2.05) is 31.1 Å². The summed E-state index contributed by atoms with van der Waals surface area (Å²) < 4.78 is 16.0. The van der Waals surface area contributed by atoms with Crippen molar-refractivity contribution in [3.63, 3.8) is 0 Å². The molecule has 0 radical (unpaired) electrons. The molecule has 8 nitrogen and oxygen atoms in total. The van der Waals surface area contributed by atoms with E-state index in [4.69, 9.17) is 37.4 Å². The molecule has 4 rings (SSSR count). The van der Waals surface area contributed by atoms with E-state index in [0.717, 1.165) is 5.69 Å². The van der Waals surface area contributed by atoms with E-state index < -0.39 is 23.5 Å². The molecule has 1 fully saturated rings. The molecule has 0 aliphatic carbocycles. The zero-order valence-electron chi connectivity index (χ0n) is 21.4. The molecule has 1 saturated heterocycles. The van der Waals surface area contributed by atoms with Crippen LogP contribution in [0.25, 0.3) is 5.76 Å². The number of methoxy groups -OCH3 is 3. The number of rotatable bonds is 7. The molecule has 3 aromatic carbocycles. The quantitative estimate of drug-likeness (QED) is 0.226. The largest absolute Gasteiger partial charge is 0.507 e. The van der Waals surface area contributed by atoms with Crippen molar-refractivity contribution in [1.82, 2.24) is 0 Å². The molecule has 1 unspecified atom stereocenters. The number of carbonyl (C=O) groups excluding carboxylic acids is 2. The molecule has 0 bridgehead atoms. The Hall–Kier alpha value is -3.88. The van der Waals surface area contributed by atoms with E-state index in [1.165, 1.54) is 38.4 Å². The first-order valence-electron chi connectivity index (χ1n) is 11.5. The number of hydrogen-bond acceptors (Lipinski definition) is 7. The van der Waals surface area contributed by atoms with Gasteiger partial charge in [-0.3, -0.25) is 14.5 Å². The Morgan fingerprint density at radius 2 is 1.47 bits per heavy atom. The van der Waals surface area contributed by atoms with Crippen LogP contribution in [0.3, 0.4) is 0 Å². The number of carbonyl (C=O) groups is 2. The third-order valence-corrected chi connectivity index (χ3v) is 6.85. The number of hydrogen-bond donors (Lipinski definition) is 1. The first-order valence-corrected chi connectivity index (χ1v) is 12.2. The van der Waals surface area contributed by atoms with Crippen molar-refractivity contribution in [3.8, 4) is 17.2 Å². The van der Waals surface area contributed by atoms with E-state index >= 15 is 0 Å². The molecule has 1 N–H and O–H groups in total. The zero-order chi connectivity index (χ0) is 27.7. The van der Waals surface area contributed by atoms with Crippen LogP contribution < -0.4 is 24.0 Å². The highest BCUT2D eigenvalue weighted by molar-refractivity contribution is 6.51. The lowest BCUT2D eigenvalue weighted by Gasteiger charge is -2.26. The Kier molecular flexibility index (Phi) is 7.76. The number of aliphatic hydroxyl groups is 1. The minimum absolute atomic E-state index is 0.129. The normalized spacial score (nSPS) is 16.5. The second-order valence-corrected chi connectivity index (χ2v) is 9.48. The van der Waals surface area contributed by atoms with Gasteiger partial charge in [-0.15, -0.1) is 0 Å². The van der Waals surface area contributed by atoms with Crippen molar-refractivity contribution in [2.24, 2.45) is 0 Å². The summed E-state index contributed by atoms with van der Waals surface area (Å²) in [5.74, 6) is -0.993. The van der Waals surface area contributed by atoms with E-state index in [-0.39, 0.29) is 26.9 Å². The van der Waals surface area contributed by atoms with Gasteiger partial charge >= 0.3 is 0 Å². The molecule has 0 saturated carbocycles. The summed E-state index contributed by atoms with van der Waals surface area (Å²) in [5, 5.41) is 11.7. The zero-order valence-corrected chi connectivity index (χ0v) is 22.9. The van der Waals surface area contributed by atoms with Gasteiger partial charge in [0, 0.05) is 31.0 Å². The Balaban J connectivity index is 1.96. The maximum atomic E-state index is 13.5. The predicted octanol–water partition coefficient (Wildman–Crippen LogP) is 5.71. The molecule has 1 amide bonds. The fraction of sp³-hybridized carbons (Fsp3) is 0.214. The maximum absolute atomic E-state index is 13.5. The molecule has 3 aromatic rings. The Morgan fingerprint density at radius 1 is 0.868 bits per heavy atom. The highest BCUT2D eigenvalue weighted by atomic mass is 35.5. The Bertz CT molecular complexity index is 1410. The second kappa shape index (κ2) is 10.8. The number of ketones is 1. The summed E-state index contributed by atoms with van der Waals surface area (Å²) >= 11 is 12.6. The lowest BCUT2D eigenvalue weighted by Crippen LogP contribution is -2.29. The number of ether oxygens (including phenoxy) is 3. The SMILES string of the molecule is COc1ccc(C2/C(=C(\O)c3cc(Cl)c(OC)c(Cl)c3)C(=O)C(=O)N2c2ccc(N(C)C)cc2)cc1OC. The molecule has 1 heterocycles. The number of benzene rings is 3. The lowest BCUT2D eigenvalue weighted by atomic mass is 9.94. The van der Waals surface area contributed by atoms with Crippen LogP contribution in [-0.2, 0) is 9.59 Å². The molecule has 198 valence electrons. The van der Waals surface area contributed by atoms with Gasteiger partial charge in [-0.25, -0.2) is 0 Å². The average Bonchev–Trinajstić information content (AvgIpc) is 3.17. The van der Waals surface area contributed by atoms with Crippen LogP contribution in [0, 0.1) is 0 Å². The Morgan fingerprint density at radius 3 is 2.00 bits per heavy atom. The molecule has 38 heavy (non-hydrogen) atoms. The van der Waals surface area contributed by atoms with Gasteiger partial charge in [0.25, 0.3) is 11.7 Å². The smallest absolute Gasteiger partial charge is 0.300 e. The average molecular weight is 557 g/mol. The van der Waals surface area contributed by atoms with Crippen LogP contribution in [0.1, 0.15) is 17.2 Å².